The van der Waals surface area contributed by atoms with Gasteiger partial charge in [0, 0.05) is 47.8 Å². The Balaban J connectivity index is 1.73. The van der Waals surface area contributed by atoms with Crippen LogP contribution in [0.5, 0.6) is 0 Å². The summed E-state index contributed by atoms with van der Waals surface area (Å²) in [6, 6.07) is 14.9. The van der Waals surface area contributed by atoms with E-state index in [2.05, 4.69) is 0 Å². The van der Waals surface area contributed by atoms with Gasteiger partial charge in [-0.2, -0.15) is 0 Å². The number of amides is 2. The molecule has 1 aliphatic rings. The molecule has 0 N–H and O–H groups in total. The monoisotopic (exact) mass is 480 g/mol. The molecule has 33 heavy (non-hydrogen) atoms. The number of benzene rings is 2. The van der Waals surface area contributed by atoms with Gasteiger partial charge in [0.2, 0.25) is 5.91 Å². The first kappa shape index (κ1) is 23.0. The van der Waals surface area contributed by atoms with Gasteiger partial charge in [-0.05, 0) is 62.5 Å². The second-order valence-electron chi connectivity index (χ2n) is 7.78. The lowest BCUT2D eigenvalue weighted by Crippen LogP contribution is -2.33. The maximum atomic E-state index is 13.3. The number of anilines is 1. The van der Waals surface area contributed by atoms with E-state index in [9.17, 15) is 9.59 Å². The summed E-state index contributed by atoms with van der Waals surface area (Å²) in [5.41, 5.74) is 2.92. The summed E-state index contributed by atoms with van der Waals surface area (Å²) in [6.07, 6.45) is 3.76. The van der Waals surface area contributed by atoms with Crippen molar-refractivity contribution < 1.29 is 9.59 Å². The SMILES string of the molecule is CCN(CC)C(=O)Cn1cc(C=C2C(=O)N(c3ccc(Cl)cc3)C(=S)N2C)c2ccccc21. The number of aromatic nitrogens is 1. The van der Waals surface area contributed by atoms with Crippen LogP contribution in [-0.2, 0) is 16.1 Å². The number of carbonyl (C=O) groups is 2. The van der Waals surface area contributed by atoms with Crippen LogP contribution in [0.25, 0.3) is 17.0 Å². The molecule has 0 aliphatic carbocycles. The average Bonchev–Trinajstić information content (AvgIpc) is 3.25. The summed E-state index contributed by atoms with van der Waals surface area (Å²) in [6.45, 7) is 5.53. The zero-order valence-corrected chi connectivity index (χ0v) is 20.4. The van der Waals surface area contributed by atoms with E-state index in [1.54, 1.807) is 36.2 Å². The minimum Gasteiger partial charge on any atom is -0.342 e. The number of fused-ring (bicyclic) bond motifs is 1. The number of thiocarbonyl (C=S) groups is 1. The molecule has 2 heterocycles. The molecule has 1 saturated heterocycles. The number of hydrogen-bond acceptors (Lipinski definition) is 3. The normalized spacial score (nSPS) is 15.2. The fourth-order valence-electron chi connectivity index (χ4n) is 4.06. The fourth-order valence-corrected chi connectivity index (χ4v) is 4.48. The molecule has 0 saturated carbocycles. The van der Waals surface area contributed by atoms with E-state index in [1.165, 1.54) is 4.90 Å². The van der Waals surface area contributed by atoms with Crippen molar-refractivity contribution in [3.05, 3.63) is 71.0 Å². The smallest absolute Gasteiger partial charge is 0.281 e. The van der Waals surface area contributed by atoms with E-state index in [0.717, 1.165) is 16.5 Å². The molecule has 8 heteroatoms. The summed E-state index contributed by atoms with van der Waals surface area (Å²) >= 11 is 11.6. The largest absolute Gasteiger partial charge is 0.342 e. The molecule has 1 fully saturated rings. The van der Waals surface area contributed by atoms with Crippen LogP contribution >= 0.6 is 23.8 Å². The molecule has 2 amide bonds. The van der Waals surface area contributed by atoms with Gasteiger partial charge in [-0.25, -0.2) is 0 Å². The number of carbonyl (C=O) groups excluding carboxylic acids is 2. The zero-order chi connectivity index (χ0) is 23.7. The molecule has 0 bridgehead atoms. The summed E-state index contributed by atoms with van der Waals surface area (Å²) in [4.78, 5) is 31.1. The van der Waals surface area contributed by atoms with Gasteiger partial charge in [-0.1, -0.05) is 29.8 Å². The van der Waals surface area contributed by atoms with E-state index in [1.807, 2.05) is 59.9 Å². The second kappa shape index (κ2) is 9.37. The molecule has 0 radical (unpaired) electrons. The van der Waals surface area contributed by atoms with Crippen molar-refractivity contribution in [2.45, 2.75) is 20.4 Å². The lowest BCUT2D eigenvalue weighted by Gasteiger charge is -2.19. The third-order valence-corrected chi connectivity index (χ3v) is 6.59. The first-order chi connectivity index (χ1) is 15.8. The molecule has 2 aromatic carbocycles. The minimum absolute atomic E-state index is 0.0594. The van der Waals surface area contributed by atoms with Crippen molar-refractivity contribution in [1.29, 1.82) is 0 Å². The highest BCUT2D eigenvalue weighted by atomic mass is 35.5. The molecule has 1 aromatic heterocycles. The van der Waals surface area contributed by atoms with Gasteiger partial charge >= 0.3 is 0 Å². The van der Waals surface area contributed by atoms with Gasteiger partial charge in [-0.15, -0.1) is 0 Å². The number of rotatable bonds is 6. The van der Waals surface area contributed by atoms with Crippen LogP contribution in [0.1, 0.15) is 19.4 Å². The maximum absolute atomic E-state index is 13.3. The molecule has 170 valence electrons. The van der Waals surface area contributed by atoms with Crippen molar-refractivity contribution in [3.8, 4) is 0 Å². The van der Waals surface area contributed by atoms with Crippen molar-refractivity contribution in [3.63, 3.8) is 0 Å². The molecular formula is C25H25ClN4O2S. The zero-order valence-electron chi connectivity index (χ0n) is 18.8. The Labute approximate surface area is 203 Å². The highest BCUT2D eigenvalue weighted by molar-refractivity contribution is 7.80. The van der Waals surface area contributed by atoms with E-state index >= 15 is 0 Å². The minimum atomic E-state index is -0.208. The van der Waals surface area contributed by atoms with E-state index in [-0.39, 0.29) is 18.4 Å². The van der Waals surface area contributed by atoms with Crippen LogP contribution in [0, 0.1) is 0 Å². The number of hydrogen-bond donors (Lipinski definition) is 0. The summed E-state index contributed by atoms with van der Waals surface area (Å²) in [5.74, 6) is -0.148. The molecule has 1 aliphatic heterocycles. The Morgan fingerprint density at radius 3 is 2.42 bits per heavy atom. The van der Waals surface area contributed by atoms with Crippen LogP contribution in [0.2, 0.25) is 5.02 Å². The summed E-state index contributed by atoms with van der Waals surface area (Å²) < 4.78 is 1.94. The van der Waals surface area contributed by atoms with E-state index < -0.39 is 0 Å². The van der Waals surface area contributed by atoms with Gasteiger partial charge in [0.05, 0.1) is 5.69 Å². The fraction of sp³-hybridized carbons (Fsp3) is 0.240. The third-order valence-electron chi connectivity index (χ3n) is 5.88. The van der Waals surface area contributed by atoms with Crippen LogP contribution < -0.4 is 4.90 Å². The van der Waals surface area contributed by atoms with Gasteiger partial charge < -0.3 is 14.4 Å². The first-order valence-electron chi connectivity index (χ1n) is 10.8. The van der Waals surface area contributed by atoms with Crippen LogP contribution in [0.15, 0.2) is 60.4 Å². The third kappa shape index (κ3) is 4.26. The van der Waals surface area contributed by atoms with E-state index in [4.69, 9.17) is 23.8 Å². The maximum Gasteiger partial charge on any atom is 0.281 e. The average molecular weight is 481 g/mol. The predicted octanol–water partition coefficient (Wildman–Crippen LogP) is 4.77. The van der Waals surface area contributed by atoms with Crippen LogP contribution in [0.3, 0.4) is 0 Å². The van der Waals surface area contributed by atoms with Crippen molar-refractivity contribution >= 4 is 63.4 Å². The van der Waals surface area contributed by atoms with Gasteiger partial charge in [-0.3, -0.25) is 14.5 Å². The highest BCUT2D eigenvalue weighted by Crippen LogP contribution is 2.31. The number of para-hydroxylation sites is 1. The number of likely N-dealkylation sites (N-methyl/N-ethyl adjacent to an activating group) is 2. The standard InChI is InChI=1S/C25H25ClN4O2S/c1-4-28(5-2)23(31)16-29-15-17(20-8-6-7-9-21(20)29)14-22-24(32)30(25(33)27(22)3)19-12-10-18(26)11-13-19/h6-15H,4-5,16H2,1-3H3. The van der Waals surface area contributed by atoms with Crippen LogP contribution in [0.4, 0.5) is 5.69 Å². The lowest BCUT2D eigenvalue weighted by atomic mass is 10.1. The molecule has 4 rings (SSSR count). The molecule has 0 unspecified atom stereocenters. The van der Waals surface area contributed by atoms with Crippen molar-refractivity contribution in [2.75, 3.05) is 25.0 Å². The topological polar surface area (TPSA) is 48.8 Å². The number of halogens is 1. The lowest BCUT2D eigenvalue weighted by molar-refractivity contribution is -0.131. The Morgan fingerprint density at radius 1 is 1.09 bits per heavy atom. The van der Waals surface area contributed by atoms with Crippen LogP contribution in [-0.4, -0.2) is 51.4 Å². The molecule has 0 spiro atoms. The van der Waals surface area contributed by atoms with Crippen molar-refractivity contribution in [1.82, 2.24) is 14.4 Å². The van der Waals surface area contributed by atoms with Gasteiger partial charge in [0.1, 0.15) is 12.2 Å². The first-order valence-corrected chi connectivity index (χ1v) is 11.6. The van der Waals surface area contributed by atoms with E-state index in [0.29, 0.717) is 34.6 Å². The summed E-state index contributed by atoms with van der Waals surface area (Å²) in [5, 5.41) is 1.95. The Morgan fingerprint density at radius 2 is 1.76 bits per heavy atom. The second-order valence-corrected chi connectivity index (χ2v) is 8.59. The Hall–Kier alpha value is -3.16. The Kier molecular flexibility index (Phi) is 6.54. The van der Waals surface area contributed by atoms with Gasteiger partial charge in [0.25, 0.3) is 5.91 Å². The number of nitrogens with zero attached hydrogens (tertiary/aromatic N) is 4. The molecule has 3 aromatic rings. The van der Waals surface area contributed by atoms with Crippen molar-refractivity contribution in [2.24, 2.45) is 0 Å². The van der Waals surface area contributed by atoms with Gasteiger partial charge in [0.15, 0.2) is 5.11 Å². The quantitative estimate of drug-likeness (QED) is 0.377. The summed E-state index contributed by atoms with van der Waals surface area (Å²) in [7, 11) is 1.78. The predicted molar refractivity (Wildman–Crippen MR) is 137 cm³/mol. The Bertz CT molecular complexity index is 1260. The molecular weight excluding hydrogens is 456 g/mol. The molecule has 6 nitrogen and oxygen atoms in total. The molecule has 0 atom stereocenters. The highest BCUT2D eigenvalue weighted by Gasteiger charge is 2.37.